The van der Waals surface area contributed by atoms with Gasteiger partial charge in [-0.1, -0.05) is 12.1 Å². The fourth-order valence-electron chi connectivity index (χ4n) is 3.09. The van der Waals surface area contributed by atoms with E-state index in [2.05, 4.69) is 20.2 Å². The lowest BCUT2D eigenvalue weighted by Gasteiger charge is -2.28. The van der Waals surface area contributed by atoms with E-state index in [4.69, 9.17) is 0 Å². The van der Waals surface area contributed by atoms with Gasteiger partial charge in [-0.3, -0.25) is 9.59 Å². The standard InChI is InChI=1S/C20H24N4O2/c1-14-12-19(24-10-4-3-5-11-24)23-18(22-14)13-21-20(26)17-8-6-16(7-9-17)15(2)25/h6-9,12H,3-5,10-11,13H2,1-2H3,(H,21,26). The Morgan fingerprint density at radius 1 is 1.04 bits per heavy atom. The predicted octanol–water partition coefficient (Wildman–Crippen LogP) is 2.91. The molecule has 6 heteroatoms. The summed E-state index contributed by atoms with van der Waals surface area (Å²) in [6, 6.07) is 8.63. The van der Waals surface area contributed by atoms with E-state index in [0.29, 0.717) is 17.0 Å². The van der Waals surface area contributed by atoms with Crippen LogP contribution in [0.15, 0.2) is 30.3 Å². The summed E-state index contributed by atoms with van der Waals surface area (Å²) in [5, 5.41) is 2.85. The number of nitrogens with one attached hydrogen (secondary N) is 1. The molecule has 1 aliphatic rings. The van der Waals surface area contributed by atoms with Crippen LogP contribution in [-0.4, -0.2) is 34.7 Å². The zero-order valence-electron chi connectivity index (χ0n) is 15.3. The van der Waals surface area contributed by atoms with Crippen LogP contribution >= 0.6 is 0 Å². The van der Waals surface area contributed by atoms with E-state index in [9.17, 15) is 9.59 Å². The Hall–Kier alpha value is -2.76. The first-order valence-corrected chi connectivity index (χ1v) is 9.01. The van der Waals surface area contributed by atoms with Crippen molar-refractivity contribution in [2.75, 3.05) is 18.0 Å². The second-order valence-corrected chi connectivity index (χ2v) is 6.65. The number of benzene rings is 1. The lowest BCUT2D eigenvalue weighted by Crippen LogP contribution is -2.31. The molecule has 1 fully saturated rings. The number of ketones is 1. The Labute approximate surface area is 153 Å². The minimum atomic E-state index is -0.204. The van der Waals surface area contributed by atoms with Gasteiger partial charge >= 0.3 is 0 Å². The maximum Gasteiger partial charge on any atom is 0.251 e. The Morgan fingerprint density at radius 3 is 2.35 bits per heavy atom. The number of aryl methyl sites for hydroxylation is 1. The number of aromatic nitrogens is 2. The number of amides is 1. The summed E-state index contributed by atoms with van der Waals surface area (Å²) in [6.07, 6.45) is 3.64. The average Bonchev–Trinajstić information content (AvgIpc) is 2.66. The maximum absolute atomic E-state index is 12.3. The van der Waals surface area contributed by atoms with Gasteiger partial charge < -0.3 is 10.2 Å². The summed E-state index contributed by atoms with van der Waals surface area (Å²) in [6.45, 7) is 5.76. The van der Waals surface area contributed by atoms with Gasteiger partial charge in [-0.25, -0.2) is 9.97 Å². The van der Waals surface area contributed by atoms with Crippen molar-refractivity contribution in [3.8, 4) is 0 Å². The number of nitrogens with zero attached hydrogens (tertiary/aromatic N) is 3. The maximum atomic E-state index is 12.3. The van der Waals surface area contributed by atoms with Crippen LogP contribution in [0.1, 0.15) is 58.4 Å². The van der Waals surface area contributed by atoms with Crippen molar-refractivity contribution in [2.45, 2.75) is 39.7 Å². The molecule has 1 aliphatic heterocycles. The molecule has 1 aromatic carbocycles. The molecule has 6 nitrogen and oxygen atoms in total. The van der Waals surface area contributed by atoms with Crippen LogP contribution in [0.2, 0.25) is 0 Å². The van der Waals surface area contributed by atoms with Crippen molar-refractivity contribution in [3.63, 3.8) is 0 Å². The number of hydrogen-bond acceptors (Lipinski definition) is 5. The van der Waals surface area contributed by atoms with Crippen molar-refractivity contribution in [3.05, 3.63) is 53.0 Å². The fourth-order valence-corrected chi connectivity index (χ4v) is 3.09. The van der Waals surface area contributed by atoms with Gasteiger partial charge in [0.2, 0.25) is 0 Å². The molecule has 3 rings (SSSR count). The van der Waals surface area contributed by atoms with Gasteiger partial charge in [0.1, 0.15) is 11.6 Å². The van der Waals surface area contributed by atoms with Gasteiger partial charge in [0.25, 0.3) is 5.91 Å². The summed E-state index contributed by atoms with van der Waals surface area (Å²) in [7, 11) is 0. The topological polar surface area (TPSA) is 75.2 Å². The average molecular weight is 352 g/mol. The second kappa shape index (κ2) is 8.08. The van der Waals surface area contributed by atoms with Crippen LogP contribution in [0.4, 0.5) is 5.82 Å². The molecule has 1 N–H and O–H groups in total. The second-order valence-electron chi connectivity index (χ2n) is 6.65. The normalized spacial score (nSPS) is 14.2. The lowest BCUT2D eigenvalue weighted by molar-refractivity contribution is 0.0947. The zero-order chi connectivity index (χ0) is 18.5. The molecule has 0 aliphatic carbocycles. The predicted molar refractivity (Wildman–Crippen MR) is 100 cm³/mol. The van der Waals surface area contributed by atoms with Crippen LogP contribution < -0.4 is 10.2 Å². The number of anilines is 1. The van der Waals surface area contributed by atoms with Gasteiger partial charge in [0.05, 0.1) is 6.54 Å². The summed E-state index contributed by atoms with van der Waals surface area (Å²) in [5.41, 5.74) is 2.00. The molecule has 136 valence electrons. The van der Waals surface area contributed by atoms with Crippen molar-refractivity contribution < 1.29 is 9.59 Å². The third-order valence-corrected chi connectivity index (χ3v) is 4.53. The van der Waals surface area contributed by atoms with Gasteiger partial charge in [-0.05, 0) is 45.2 Å². The van der Waals surface area contributed by atoms with E-state index in [-0.39, 0.29) is 18.2 Å². The van der Waals surface area contributed by atoms with E-state index in [1.165, 1.54) is 26.2 Å². The highest BCUT2D eigenvalue weighted by atomic mass is 16.1. The molecular formula is C20H24N4O2. The van der Waals surface area contributed by atoms with E-state index in [1.54, 1.807) is 24.3 Å². The quantitative estimate of drug-likeness (QED) is 0.838. The first kappa shape index (κ1) is 18.0. The molecule has 0 bridgehead atoms. The SMILES string of the molecule is CC(=O)c1ccc(C(=O)NCc2nc(C)cc(N3CCCCC3)n2)cc1. The van der Waals surface area contributed by atoms with Crippen LogP contribution in [0.5, 0.6) is 0 Å². The van der Waals surface area contributed by atoms with E-state index >= 15 is 0 Å². The van der Waals surface area contributed by atoms with Crippen molar-refractivity contribution in [2.24, 2.45) is 0 Å². The number of carbonyl (C=O) groups excluding carboxylic acids is 2. The van der Waals surface area contributed by atoms with Crippen molar-refractivity contribution in [1.82, 2.24) is 15.3 Å². The molecule has 2 heterocycles. The third-order valence-electron chi connectivity index (χ3n) is 4.53. The van der Waals surface area contributed by atoms with E-state index in [0.717, 1.165) is 24.6 Å². The van der Waals surface area contributed by atoms with Crippen molar-refractivity contribution >= 4 is 17.5 Å². The van der Waals surface area contributed by atoms with Crippen LogP contribution in [-0.2, 0) is 6.54 Å². The molecule has 1 amide bonds. The number of hydrogen-bond donors (Lipinski definition) is 1. The molecule has 2 aromatic rings. The van der Waals surface area contributed by atoms with Crippen LogP contribution in [0.3, 0.4) is 0 Å². The van der Waals surface area contributed by atoms with Gasteiger partial charge in [0.15, 0.2) is 5.78 Å². The molecule has 0 unspecified atom stereocenters. The fraction of sp³-hybridized carbons (Fsp3) is 0.400. The first-order chi connectivity index (χ1) is 12.5. The molecule has 0 saturated carbocycles. The van der Waals surface area contributed by atoms with Gasteiger partial charge in [-0.15, -0.1) is 0 Å². The highest BCUT2D eigenvalue weighted by Crippen LogP contribution is 2.18. The number of Topliss-reactive ketones (excluding diaryl/α,β-unsaturated/α-hetero) is 1. The molecule has 0 spiro atoms. The summed E-state index contributed by atoms with van der Waals surface area (Å²) >= 11 is 0. The first-order valence-electron chi connectivity index (χ1n) is 9.01. The molecule has 1 aromatic heterocycles. The zero-order valence-corrected chi connectivity index (χ0v) is 15.3. The van der Waals surface area contributed by atoms with Gasteiger partial charge in [-0.2, -0.15) is 0 Å². The summed E-state index contributed by atoms with van der Waals surface area (Å²) in [5.74, 6) is 1.33. The van der Waals surface area contributed by atoms with Crippen LogP contribution in [0, 0.1) is 6.92 Å². The summed E-state index contributed by atoms with van der Waals surface area (Å²) < 4.78 is 0. The Morgan fingerprint density at radius 2 is 1.69 bits per heavy atom. The molecule has 0 radical (unpaired) electrons. The number of piperidine rings is 1. The Kier molecular flexibility index (Phi) is 5.61. The van der Waals surface area contributed by atoms with Gasteiger partial charge in [0, 0.05) is 36.0 Å². The largest absolute Gasteiger partial charge is 0.357 e. The highest BCUT2D eigenvalue weighted by molar-refractivity contribution is 5.97. The monoisotopic (exact) mass is 352 g/mol. The Bertz CT molecular complexity index is 796. The number of carbonyl (C=O) groups is 2. The number of rotatable bonds is 5. The molecule has 1 saturated heterocycles. The van der Waals surface area contributed by atoms with E-state index < -0.39 is 0 Å². The van der Waals surface area contributed by atoms with Crippen LogP contribution in [0.25, 0.3) is 0 Å². The summed E-state index contributed by atoms with van der Waals surface area (Å²) in [4.78, 5) is 35.0. The minimum absolute atomic E-state index is 0.0182. The van der Waals surface area contributed by atoms with Crippen molar-refractivity contribution in [1.29, 1.82) is 0 Å². The third kappa shape index (κ3) is 4.45. The molecule has 26 heavy (non-hydrogen) atoms. The molecular weight excluding hydrogens is 328 g/mol. The lowest BCUT2D eigenvalue weighted by atomic mass is 10.1. The minimum Gasteiger partial charge on any atom is -0.357 e. The highest BCUT2D eigenvalue weighted by Gasteiger charge is 2.14. The van der Waals surface area contributed by atoms with E-state index in [1.807, 2.05) is 13.0 Å². The molecule has 0 atom stereocenters. The Balaban J connectivity index is 1.65. The smallest absolute Gasteiger partial charge is 0.251 e.